The number of cyclic esters (lactones) is 1. The van der Waals surface area contributed by atoms with E-state index in [2.05, 4.69) is 26.8 Å². The van der Waals surface area contributed by atoms with Gasteiger partial charge in [0.25, 0.3) is 0 Å². The molecule has 0 saturated carbocycles. The Morgan fingerprint density at radius 1 is 1.45 bits per heavy atom. The average molecular weight is 308 g/mol. The van der Waals surface area contributed by atoms with Crippen LogP contribution < -0.4 is 0 Å². The van der Waals surface area contributed by atoms with Gasteiger partial charge in [0.15, 0.2) is 5.78 Å². The van der Waals surface area contributed by atoms with E-state index in [0.717, 1.165) is 12.8 Å². The van der Waals surface area contributed by atoms with Crippen LogP contribution >= 0.6 is 0 Å². The van der Waals surface area contributed by atoms with E-state index >= 15 is 0 Å². The fourth-order valence-corrected chi connectivity index (χ4v) is 2.67. The highest BCUT2D eigenvalue weighted by molar-refractivity contribution is 6.18. The standard InChI is InChI=1S/C18H28O4/c1-5-7-15(19)17-16(20)11-14(22-18(17)21)10-13(4)9-6-8-12(2)3/h8,13-14,20H,5-7,9-11H2,1-4H3. The topological polar surface area (TPSA) is 63.6 Å². The lowest BCUT2D eigenvalue weighted by molar-refractivity contribution is -0.148. The third-order valence-corrected chi connectivity index (χ3v) is 3.82. The molecular formula is C18H28O4. The third-order valence-electron chi connectivity index (χ3n) is 3.82. The molecule has 2 unspecified atom stereocenters. The number of Topliss-reactive ketones (excluding diaryl/α,β-unsaturated/α-hetero) is 1. The third kappa shape index (κ3) is 5.66. The van der Waals surface area contributed by atoms with E-state index in [1.165, 1.54) is 5.57 Å². The summed E-state index contributed by atoms with van der Waals surface area (Å²) in [6, 6.07) is 0. The number of ketones is 1. The summed E-state index contributed by atoms with van der Waals surface area (Å²) in [4.78, 5) is 23.8. The number of aliphatic hydroxyl groups excluding tert-OH is 1. The first-order valence-electron chi connectivity index (χ1n) is 8.14. The number of hydrogen-bond donors (Lipinski definition) is 1. The Morgan fingerprint density at radius 2 is 2.14 bits per heavy atom. The van der Waals surface area contributed by atoms with Crippen LogP contribution in [-0.4, -0.2) is 23.0 Å². The smallest absolute Gasteiger partial charge is 0.345 e. The summed E-state index contributed by atoms with van der Waals surface area (Å²) in [5, 5.41) is 10.0. The molecule has 0 aromatic carbocycles. The van der Waals surface area contributed by atoms with Crippen molar-refractivity contribution < 1.29 is 19.4 Å². The van der Waals surface area contributed by atoms with Crippen LogP contribution in [0.5, 0.6) is 0 Å². The molecule has 1 aliphatic rings. The van der Waals surface area contributed by atoms with Gasteiger partial charge in [-0.25, -0.2) is 4.79 Å². The minimum Gasteiger partial charge on any atom is -0.511 e. The van der Waals surface area contributed by atoms with Crippen molar-refractivity contribution >= 4 is 11.8 Å². The molecular weight excluding hydrogens is 280 g/mol. The van der Waals surface area contributed by atoms with Crippen molar-refractivity contribution in [2.24, 2.45) is 5.92 Å². The molecule has 1 rings (SSSR count). The van der Waals surface area contributed by atoms with Gasteiger partial charge in [-0.1, -0.05) is 25.5 Å². The molecule has 0 aliphatic carbocycles. The van der Waals surface area contributed by atoms with E-state index in [1.54, 1.807) is 0 Å². The molecule has 0 amide bonds. The molecule has 0 spiro atoms. The van der Waals surface area contributed by atoms with Gasteiger partial charge in [0.05, 0.1) is 0 Å². The Bertz CT molecular complexity index is 469. The summed E-state index contributed by atoms with van der Waals surface area (Å²) in [6.45, 7) is 8.13. The first-order chi connectivity index (χ1) is 10.3. The highest BCUT2D eigenvalue weighted by Gasteiger charge is 2.33. The van der Waals surface area contributed by atoms with Gasteiger partial charge in [-0.05, 0) is 45.4 Å². The van der Waals surface area contributed by atoms with E-state index in [0.29, 0.717) is 18.8 Å². The Balaban J connectivity index is 2.58. The quantitative estimate of drug-likeness (QED) is 0.413. The molecule has 4 heteroatoms. The molecule has 22 heavy (non-hydrogen) atoms. The van der Waals surface area contributed by atoms with Crippen molar-refractivity contribution in [3.05, 3.63) is 23.0 Å². The van der Waals surface area contributed by atoms with Crippen molar-refractivity contribution in [3.63, 3.8) is 0 Å². The molecule has 0 aromatic heterocycles. The summed E-state index contributed by atoms with van der Waals surface area (Å²) < 4.78 is 5.34. The molecule has 0 radical (unpaired) electrons. The fourth-order valence-electron chi connectivity index (χ4n) is 2.67. The van der Waals surface area contributed by atoms with E-state index < -0.39 is 5.97 Å². The molecule has 1 heterocycles. The fraction of sp³-hybridized carbons (Fsp3) is 0.667. The minimum absolute atomic E-state index is 0.101. The second-order valence-corrected chi connectivity index (χ2v) is 6.43. The number of rotatable bonds is 8. The first-order valence-corrected chi connectivity index (χ1v) is 8.14. The lowest BCUT2D eigenvalue weighted by Gasteiger charge is -2.26. The lowest BCUT2D eigenvalue weighted by Crippen LogP contribution is -2.31. The van der Waals surface area contributed by atoms with Crippen LogP contribution in [0, 0.1) is 5.92 Å². The van der Waals surface area contributed by atoms with Gasteiger partial charge in [0.2, 0.25) is 0 Å². The molecule has 4 nitrogen and oxygen atoms in total. The summed E-state index contributed by atoms with van der Waals surface area (Å²) in [7, 11) is 0. The van der Waals surface area contributed by atoms with Crippen molar-refractivity contribution in [1.29, 1.82) is 0 Å². The highest BCUT2D eigenvalue weighted by Crippen LogP contribution is 2.27. The monoisotopic (exact) mass is 308 g/mol. The molecule has 0 saturated heterocycles. The lowest BCUT2D eigenvalue weighted by atomic mass is 9.93. The van der Waals surface area contributed by atoms with Crippen LogP contribution in [0.4, 0.5) is 0 Å². The van der Waals surface area contributed by atoms with E-state index in [-0.39, 0.29) is 36.1 Å². The number of esters is 1. The average Bonchev–Trinajstić information content (AvgIpc) is 2.37. The molecule has 1 N–H and O–H groups in total. The Hall–Kier alpha value is -1.58. The number of carbonyl (C=O) groups excluding carboxylic acids is 2. The van der Waals surface area contributed by atoms with Gasteiger partial charge in [0.1, 0.15) is 17.4 Å². The van der Waals surface area contributed by atoms with Gasteiger partial charge >= 0.3 is 5.97 Å². The number of carbonyl (C=O) groups is 2. The maximum absolute atomic E-state index is 11.9. The number of ether oxygens (including phenoxy) is 1. The molecule has 1 aliphatic heterocycles. The second-order valence-electron chi connectivity index (χ2n) is 6.43. The summed E-state index contributed by atoms with van der Waals surface area (Å²) >= 11 is 0. The zero-order valence-corrected chi connectivity index (χ0v) is 14.1. The Morgan fingerprint density at radius 3 is 2.68 bits per heavy atom. The van der Waals surface area contributed by atoms with Crippen LogP contribution in [0.2, 0.25) is 0 Å². The van der Waals surface area contributed by atoms with Crippen LogP contribution in [0.25, 0.3) is 0 Å². The number of hydrogen-bond acceptors (Lipinski definition) is 4. The van der Waals surface area contributed by atoms with E-state index in [1.807, 2.05) is 6.92 Å². The predicted molar refractivity (Wildman–Crippen MR) is 86.5 cm³/mol. The molecule has 0 fully saturated rings. The zero-order chi connectivity index (χ0) is 16.7. The SMILES string of the molecule is CCCC(=O)C1=C(O)CC(CC(C)CCC=C(C)C)OC1=O. The van der Waals surface area contributed by atoms with Gasteiger partial charge in [-0.15, -0.1) is 0 Å². The van der Waals surface area contributed by atoms with E-state index in [4.69, 9.17) is 4.74 Å². The molecule has 124 valence electrons. The van der Waals surface area contributed by atoms with Crippen LogP contribution in [0.1, 0.15) is 66.2 Å². The van der Waals surface area contributed by atoms with E-state index in [9.17, 15) is 14.7 Å². The van der Waals surface area contributed by atoms with Crippen molar-refractivity contribution in [3.8, 4) is 0 Å². The number of allylic oxidation sites excluding steroid dienone is 2. The second kappa shape index (κ2) is 8.76. The van der Waals surface area contributed by atoms with Crippen molar-refractivity contribution in [2.45, 2.75) is 72.3 Å². The van der Waals surface area contributed by atoms with Crippen LogP contribution in [0.3, 0.4) is 0 Å². The normalized spacial score (nSPS) is 19.6. The molecule has 2 atom stereocenters. The summed E-state index contributed by atoms with van der Waals surface area (Å²) in [5.74, 6) is -0.686. The van der Waals surface area contributed by atoms with Crippen LogP contribution in [-0.2, 0) is 14.3 Å². The van der Waals surface area contributed by atoms with Crippen LogP contribution in [0.15, 0.2) is 23.0 Å². The maximum atomic E-state index is 11.9. The minimum atomic E-state index is -0.663. The Labute approximate surface area is 133 Å². The van der Waals surface area contributed by atoms with Gasteiger partial charge in [0, 0.05) is 12.8 Å². The summed E-state index contributed by atoms with van der Waals surface area (Å²) in [5.41, 5.74) is 1.16. The predicted octanol–water partition coefficient (Wildman–Crippen LogP) is 4.26. The van der Waals surface area contributed by atoms with Crippen molar-refractivity contribution in [1.82, 2.24) is 0 Å². The largest absolute Gasteiger partial charge is 0.511 e. The summed E-state index contributed by atoms with van der Waals surface area (Å²) in [6.07, 6.45) is 5.77. The van der Waals surface area contributed by atoms with Crippen molar-refractivity contribution in [2.75, 3.05) is 0 Å². The number of aliphatic hydroxyl groups is 1. The molecule has 0 bridgehead atoms. The van der Waals surface area contributed by atoms with Gasteiger partial charge in [-0.3, -0.25) is 4.79 Å². The Kier molecular flexibility index (Phi) is 7.36. The maximum Gasteiger partial charge on any atom is 0.345 e. The highest BCUT2D eigenvalue weighted by atomic mass is 16.5. The molecule has 0 aromatic rings. The van der Waals surface area contributed by atoms with Gasteiger partial charge in [-0.2, -0.15) is 0 Å². The van der Waals surface area contributed by atoms with Gasteiger partial charge < -0.3 is 9.84 Å². The first kappa shape index (κ1) is 18.5. The zero-order valence-electron chi connectivity index (χ0n) is 14.1.